The minimum Gasteiger partial charge on any atom is -0.324 e. The van der Waals surface area contributed by atoms with Crippen LogP contribution in [0.15, 0.2) is 16.9 Å². The van der Waals surface area contributed by atoms with E-state index in [0.29, 0.717) is 10.1 Å². The number of anilines is 1. The van der Waals surface area contributed by atoms with Crippen LogP contribution in [-0.2, 0) is 6.54 Å². The second-order valence-corrected chi connectivity index (χ2v) is 4.03. The third-order valence-corrected chi connectivity index (χ3v) is 2.63. The number of carbonyl (C=O) groups is 1. The van der Waals surface area contributed by atoms with Gasteiger partial charge in [-0.15, -0.1) is 10.2 Å². The molecule has 2 aromatic rings. The SMILES string of the molecule is NCc1nnc(NC(=O)c2ccc(=O)[nH]n2)s1. The maximum absolute atomic E-state index is 11.6. The highest BCUT2D eigenvalue weighted by Crippen LogP contribution is 2.14. The number of nitrogens with zero attached hydrogens (tertiary/aromatic N) is 3. The van der Waals surface area contributed by atoms with Crippen LogP contribution in [-0.4, -0.2) is 26.3 Å². The summed E-state index contributed by atoms with van der Waals surface area (Å²) >= 11 is 1.18. The van der Waals surface area contributed by atoms with Gasteiger partial charge in [0.1, 0.15) is 10.7 Å². The van der Waals surface area contributed by atoms with Crippen molar-refractivity contribution in [2.45, 2.75) is 6.54 Å². The highest BCUT2D eigenvalue weighted by Gasteiger charge is 2.10. The number of aromatic nitrogens is 4. The molecule has 0 aliphatic heterocycles. The Bertz CT molecular complexity index is 571. The second kappa shape index (κ2) is 4.80. The molecular formula is C8H8N6O2S. The average molecular weight is 252 g/mol. The molecule has 4 N–H and O–H groups in total. The first-order valence-electron chi connectivity index (χ1n) is 4.58. The molecule has 0 aliphatic carbocycles. The largest absolute Gasteiger partial charge is 0.324 e. The van der Waals surface area contributed by atoms with Crippen molar-refractivity contribution >= 4 is 22.4 Å². The van der Waals surface area contributed by atoms with E-state index in [0.717, 1.165) is 0 Å². The van der Waals surface area contributed by atoms with Crippen LogP contribution >= 0.6 is 11.3 Å². The molecule has 88 valence electrons. The molecule has 1 amide bonds. The molecule has 2 aromatic heterocycles. The van der Waals surface area contributed by atoms with Crippen LogP contribution in [0, 0.1) is 0 Å². The Labute approximate surface area is 98.9 Å². The van der Waals surface area contributed by atoms with E-state index in [1.54, 1.807) is 0 Å². The molecule has 0 unspecified atom stereocenters. The number of nitrogens with two attached hydrogens (primary N) is 1. The number of amides is 1. The first-order chi connectivity index (χ1) is 8.19. The van der Waals surface area contributed by atoms with E-state index in [2.05, 4.69) is 25.7 Å². The van der Waals surface area contributed by atoms with Crippen molar-refractivity contribution < 1.29 is 4.79 Å². The Hall–Kier alpha value is -2.13. The smallest absolute Gasteiger partial charge is 0.277 e. The monoisotopic (exact) mass is 252 g/mol. The maximum atomic E-state index is 11.6. The standard InChI is InChI=1S/C8H8N6O2S/c9-3-6-13-14-8(17-6)10-7(16)4-1-2-5(15)12-11-4/h1-2H,3,9H2,(H,12,15)(H,10,14,16). The van der Waals surface area contributed by atoms with Gasteiger partial charge in [0.05, 0.1) is 0 Å². The summed E-state index contributed by atoms with van der Waals surface area (Å²) in [4.78, 5) is 22.4. The molecule has 0 fully saturated rings. The van der Waals surface area contributed by atoms with Gasteiger partial charge in [-0.3, -0.25) is 14.9 Å². The van der Waals surface area contributed by atoms with Gasteiger partial charge in [0.2, 0.25) is 5.13 Å². The first kappa shape index (κ1) is 11.4. The lowest BCUT2D eigenvalue weighted by molar-refractivity contribution is 0.102. The van der Waals surface area contributed by atoms with Crippen LogP contribution in [0.4, 0.5) is 5.13 Å². The molecule has 0 aliphatic rings. The van der Waals surface area contributed by atoms with Crippen LogP contribution in [0.1, 0.15) is 15.5 Å². The van der Waals surface area contributed by atoms with E-state index in [-0.39, 0.29) is 17.8 Å². The lowest BCUT2D eigenvalue weighted by atomic mass is 10.4. The fraction of sp³-hybridized carbons (Fsp3) is 0.125. The molecule has 8 nitrogen and oxygen atoms in total. The number of carbonyl (C=O) groups excluding carboxylic acids is 1. The van der Waals surface area contributed by atoms with E-state index in [1.807, 2.05) is 0 Å². The van der Waals surface area contributed by atoms with Crippen molar-refractivity contribution in [2.75, 3.05) is 5.32 Å². The number of rotatable bonds is 3. The molecule has 9 heteroatoms. The quantitative estimate of drug-likeness (QED) is 0.665. The van der Waals surface area contributed by atoms with Gasteiger partial charge in [-0.2, -0.15) is 5.10 Å². The van der Waals surface area contributed by atoms with Gasteiger partial charge in [0, 0.05) is 12.6 Å². The Morgan fingerprint density at radius 2 is 2.29 bits per heavy atom. The lowest BCUT2D eigenvalue weighted by Gasteiger charge is -1.98. The summed E-state index contributed by atoms with van der Waals surface area (Å²) < 4.78 is 0. The Morgan fingerprint density at radius 1 is 1.47 bits per heavy atom. The summed E-state index contributed by atoms with van der Waals surface area (Å²) in [5.74, 6) is -0.471. The number of nitrogens with one attached hydrogen (secondary N) is 2. The van der Waals surface area contributed by atoms with Gasteiger partial charge in [-0.05, 0) is 6.07 Å². The third kappa shape index (κ3) is 2.71. The zero-order valence-electron chi connectivity index (χ0n) is 8.51. The molecule has 2 rings (SSSR count). The minimum absolute atomic E-state index is 0.0918. The van der Waals surface area contributed by atoms with Crippen molar-refractivity contribution in [1.29, 1.82) is 0 Å². The summed E-state index contributed by atoms with van der Waals surface area (Å²) in [6, 6.07) is 2.53. The van der Waals surface area contributed by atoms with E-state index >= 15 is 0 Å². The third-order valence-electron chi connectivity index (χ3n) is 1.77. The fourth-order valence-corrected chi connectivity index (χ4v) is 1.63. The average Bonchev–Trinajstić information content (AvgIpc) is 2.77. The lowest BCUT2D eigenvalue weighted by Crippen LogP contribution is -2.17. The summed E-state index contributed by atoms with van der Waals surface area (Å²) in [5, 5.41) is 16.7. The van der Waals surface area contributed by atoms with Gasteiger partial charge in [0.15, 0.2) is 0 Å². The van der Waals surface area contributed by atoms with Crippen LogP contribution < -0.4 is 16.6 Å². The van der Waals surface area contributed by atoms with Crippen LogP contribution in [0.2, 0.25) is 0 Å². The Balaban J connectivity index is 2.11. The van der Waals surface area contributed by atoms with Gasteiger partial charge >= 0.3 is 0 Å². The number of hydrogen-bond donors (Lipinski definition) is 3. The molecule has 0 atom stereocenters. The van der Waals surface area contributed by atoms with E-state index in [9.17, 15) is 9.59 Å². The van der Waals surface area contributed by atoms with Crippen molar-refractivity contribution in [3.05, 3.63) is 33.2 Å². The highest BCUT2D eigenvalue weighted by atomic mass is 32.1. The number of H-pyrrole nitrogens is 1. The molecule has 0 saturated carbocycles. The molecular weight excluding hydrogens is 244 g/mol. The van der Waals surface area contributed by atoms with Crippen molar-refractivity contribution in [1.82, 2.24) is 20.4 Å². The van der Waals surface area contributed by atoms with Crippen molar-refractivity contribution in [3.8, 4) is 0 Å². The summed E-state index contributed by atoms with van der Waals surface area (Å²) in [6.07, 6.45) is 0. The zero-order valence-corrected chi connectivity index (χ0v) is 9.32. The maximum Gasteiger partial charge on any atom is 0.277 e. The topological polar surface area (TPSA) is 127 Å². The minimum atomic E-state index is -0.471. The predicted octanol–water partition coefficient (Wildman–Crippen LogP) is -0.668. The zero-order chi connectivity index (χ0) is 12.3. The summed E-state index contributed by atoms with van der Waals surface area (Å²) in [5.41, 5.74) is 5.08. The van der Waals surface area contributed by atoms with E-state index in [1.165, 1.54) is 23.5 Å². The van der Waals surface area contributed by atoms with Gasteiger partial charge in [0.25, 0.3) is 11.5 Å². The van der Waals surface area contributed by atoms with E-state index < -0.39 is 5.91 Å². The predicted molar refractivity (Wildman–Crippen MR) is 60.6 cm³/mol. The molecule has 0 bridgehead atoms. The van der Waals surface area contributed by atoms with Crippen LogP contribution in [0.3, 0.4) is 0 Å². The normalized spacial score (nSPS) is 10.2. The van der Waals surface area contributed by atoms with Gasteiger partial charge in [-0.25, -0.2) is 5.10 Å². The number of hydrogen-bond acceptors (Lipinski definition) is 7. The van der Waals surface area contributed by atoms with Crippen LogP contribution in [0.5, 0.6) is 0 Å². The van der Waals surface area contributed by atoms with Gasteiger partial charge < -0.3 is 5.73 Å². The van der Waals surface area contributed by atoms with Gasteiger partial charge in [-0.1, -0.05) is 11.3 Å². The second-order valence-electron chi connectivity index (χ2n) is 2.97. The van der Waals surface area contributed by atoms with Crippen molar-refractivity contribution in [2.24, 2.45) is 5.73 Å². The Morgan fingerprint density at radius 3 is 2.88 bits per heavy atom. The molecule has 17 heavy (non-hydrogen) atoms. The fourth-order valence-electron chi connectivity index (χ4n) is 1.02. The molecule has 0 spiro atoms. The van der Waals surface area contributed by atoms with Crippen LogP contribution in [0.25, 0.3) is 0 Å². The van der Waals surface area contributed by atoms with Crippen molar-refractivity contribution in [3.63, 3.8) is 0 Å². The molecule has 0 aromatic carbocycles. The van der Waals surface area contributed by atoms with E-state index in [4.69, 9.17) is 5.73 Å². The summed E-state index contributed by atoms with van der Waals surface area (Å²) in [7, 11) is 0. The Kier molecular flexibility index (Phi) is 3.21. The molecule has 0 saturated heterocycles. The first-order valence-corrected chi connectivity index (χ1v) is 5.40. The molecule has 2 heterocycles. The highest BCUT2D eigenvalue weighted by molar-refractivity contribution is 7.15. The summed E-state index contributed by atoms with van der Waals surface area (Å²) in [6.45, 7) is 0.268. The molecule has 0 radical (unpaired) electrons. The number of aromatic amines is 1.